The molecule has 0 saturated carbocycles. The second kappa shape index (κ2) is 31.9. The molecule has 4 atom stereocenters. The molecule has 0 amide bonds. The first kappa shape index (κ1) is 7.55. The van der Waals surface area contributed by atoms with Crippen LogP contribution in [0.5, 0.6) is 0 Å². The van der Waals surface area contributed by atoms with Gasteiger partial charge in [0.1, 0.15) is 18.7 Å². The summed E-state index contributed by atoms with van der Waals surface area (Å²) in [5.74, 6) is -16.0. The van der Waals surface area contributed by atoms with Crippen LogP contribution in [-0.2, 0) is 19.1 Å². The fourth-order valence-corrected chi connectivity index (χ4v) is 1.64. The van der Waals surface area contributed by atoms with Crippen molar-refractivity contribution in [1.82, 2.24) is 0 Å². The van der Waals surface area contributed by atoms with Crippen LogP contribution in [0.1, 0.15) is 286 Å². The molecule has 0 saturated heterocycles. The quantitative estimate of drug-likeness (QED) is 0.0697. The van der Waals surface area contributed by atoms with Crippen molar-refractivity contribution < 1.29 is 104 Å². The molecule has 4 unspecified atom stereocenters. The molecule has 0 fully saturated rings. The molecule has 0 bridgehead atoms. The predicted molar refractivity (Wildman–Crippen MR) is 187 cm³/mol. The maximum absolute atomic E-state index is 13.7. The monoisotopic (exact) mass is 683 g/mol. The Balaban J connectivity index is 7.84. The number of hydrogen-bond acceptors (Lipinski definition) is 5. The molecular weight excluding hydrogens is 548 g/mol. The molecule has 0 spiro atoms. The van der Waals surface area contributed by atoms with Crippen LogP contribution in [-0.4, -0.2) is 35.8 Å². The van der Waals surface area contributed by atoms with Crippen LogP contribution in [0.4, 0.5) is 0 Å². The normalized spacial score (nSPS) is 45.4. The van der Waals surface area contributed by atoms with Crippen molar-refractivity contribution in [3.63, 3.8) is 0 Å². The molecule has 5 heteroatoms. The van der Waals surface area contributed by atoms with E-state index in [2.05, 4.69) is 9.47 Å². The number of hydrogen-bond donors (Lipinski definition) is 1. The maximum Gasteiger partial charge on any atom is 0.306 e. The lowest BCUT2D eigenvalue weighted by molar-refractivity contribution is -0.159. The van der Waals surface area contributed by atoms with Gasteiger partial charge in [0.05, 0.1) is 5.48 Å². The second-order valence-corrected chi connectivity index (χ2v) is 6.82. The summed E-state index contributed by atoms with van der Waals surface area (Å²) in [6.07, 6.45) is -138. The fourth-order valence-electron chi connectivity index (χ4n) is 1.64. The topological polar surface area (TPSA) is 72.8 Å². The van der Waals surface area contributed by atoms with Gasteiger partial charge in [-0.25, -0.2) is 0 Å². The van der Waals surface area contributed by atoms with E-state index in [1.54, 1.807) is 0 Å². The molecule has 0 aromatic rings. The van der Waals surface area contributed by atoms with Gasteiger partial charge in [0.2, 0.25) is 0 Å². The Labute approximate surface area is 355 Å². The van der Waals surface area contributed by atoms with E-state index >= 15 is 0 Å². The Hall–Kier alpha value is -1.10. The predicted octanol–water partition coefficient (Wildman–Crippen LogP) is 11.7. The van der Waals surface area contributed by atoms with E-state index in [1.165, 1.54) is 0 Å². The van der Waals surface area contributed by atoms with Gasteiger partial charge >= 0.3 is 11.9 Å². The number of carbonyl (C=O) groups is 2. The summed E-state index contributed by atoms with van der Waals surface area (Å²) in [6, 6.07) is 0. The van der Waals surface area contributed by atoms with Crippen LogP contribution in [0.2, 0.25) is 0 Å². The molecule has 5 nitrogen and oxygen atoms in total. The fraction of sp³-hybridized carbons (Fsp3) is 0.949. The summed E-state index contributed by atoms with van der Waals surface area (Å²) in [4.78, 5) is 27.3. The molecule has 0 aliphatic heterocycles. The standard InChI is InChI=1S/C39H76O5/c1-6-8-10-12-14-15-18-22-29-35(4)30-25-26-31-38(41)43-33-37(40)36(5)44-39(42)32-24-20-16-19-23-28-34(3)27-21-17-13-11-9-7-2/h34-37,40H,6-33H2,1-5H3/i7D2,8D2,9D2,10D2,11D2,12D2,13D2,14D2,15D2,16D2,17D2,18D2,19D2,20D2,21D2,22D2,23D2,24D2,25D2,26D2,27D2,28D2,29D2,30D2,31D2,32D2,33D2,34D,35D,36D,37D. The van der Waals surface area contributed by atoms with Gasteiger partial charge in [-0.15, -0.1) is 0 Å². The van der Waals surface area contributed by atoms with Crippen LogP contribution < -0.4 is 0 Å². The average molecular weight is 683 g/mol. The first-order valence-electron chi connectivity index (χ1n) is 41.0. The lowest BCUT2D eigenvalue weighted by Crippen LogP contribution is -2.33. The highest BCUT2D eigenvalue weighted by atomic mass is 16.6. The Kier molecular flexibility index (Phi) is 5.47. The molecule has 1 N–H and O–H groups in total. The lowest BCUT2D eigenvalue weighted by atomic mass is 9.96. The molecule has 0 aromatic carbocycles. The number of ether oxygens (including phenoxy) is 2. The van der Waals surface area contributed by atoms with Gasteiger partial charge in [0.15, 0.2) is 0 Å². The van der Waals surface area contributed by atoms with E-state index in [1.807, 2.05) is 0 Å². The Bertz CT molecular complexity index is 3060. The zero-order chi connectivity index (χ0) is 84.8. The number of carbonyl (C=O) groups excluding carboxylic acids is 2. The highest BCUT2D eigenvalue weighted by Crippen LogP contribution is 2.20. The molecule has 262 valence electrons. The minimum atomic E-state index is -5.41. The number of esters is 2. The third-order valence-electron chi connectivity index (χ3n) is 3.41. The Morgan fingerprint density at radius 1 is 0.591 bits per heavy atom. The highest BCUT2D eigenvalue weighted by molar-refractivity contribution is 5.70. The van der Waals surface area contributed by atoms with Crippen LogP contribution in [0.3, 0.4) is 0 Å². The second-order valence-electron chi connectivity index (χ2n) is 6.82. The van der Waals surface area contributed by atoms with Crippen LogP contribution >= 0.6 is 0 Å². The zero-order valence-corrected chi connectivity index (χ0v) is 24.3. The number of aliphatic hydroxyl groups is 1. The van der Waals surface area contributed by atoms with Gasteiger partial charge in [-0.3, -0.25) is 9.59 Å². The molecule has 0 heterocycles. The molecule has 0 rings (SSSR count). The van der Waals surface area contributed by atoms with Crippen molar-refractivity contribution >= 4 is 11.9 Å². The highest BCUT2D eigenvalue weighted by Gasteiger charge is 2.20. The molecule has 0 aromatic heterocycles. The van der Waals surface area contributed by atoms with Crippen LogP contribution in [0.15, 0.2) is 0 Å². The van der Waals surface area contributed by atoms with E-state index in [-0.39, 0.29) is 20.8 Å². The first-order valence-corrected chi connectivity index (χ1v) is 12.0. The van der Waals surface area contributed by atoms with E-state index in [4.69, 9.17) is 79.5 Å². The Morgan fingerprint density at radius 3 is 1.48 bits per heavy atom. The van der Waals surface area contributed by atoms with Crippen LogP contribution in [0.25, 0.3) is 0 Å². The third-order valence-corrected chi connectivity index (χ3v) is 3.41. The molecule has 0 aliphatic rings. The average Bonchev–Trinajstić information content (AvgIpc) is 0.684. The van der Waals surface area contributed by atoms with E-state index in [9.17, 15) is 14.7 Å². The van der Waals surface area contributed by atoms with Gasteiger partial charge in [-0.2, -0.15) is 0 Å². The molecule has 0 radical (unpaired) electrons. The minimum absolute atomic E-state index is 0.234. The summed E-state index contributed by atoms with van der Waals surface area (Å²) in [6.45, 7) is -4.63. The third kappa shape index (κ3) is 29.6. The van der Waals surface area contributed by atoms with Gasteiger partial charge in [0.25, 0.3) is 0 Å². The van der Waals surface area contributed by atoms with Crippen molar-refractivity contribution in [2.45, 2.75) is 219 Å². The summed E-state index contributed by atoms with van der Waals surface area (Å²) < 4.78 is 491. The Morgan fingerprint density at radius 2 is 0.977 bits per heavy atom. The smallest absolute Gasteiger partial charge is 0.306 e. The van der Waals surface area contributed by atoms with Crippen molar-refractivity contribution in [1.29, 1.82) is 0 Å². The largest absolute Gasteiger partial charge is 0.463 e. The van der Waals surface area contributed by atoms with E-state index in [0.29, 0.717) is 6.92 Å². The SMILES string of the molecule is [2H]C([2H])(C)C([2H])([2H])C([2H])([2H])C([2H])([2H])C([2H])([2H])C([2H])([2H])C([2H])([2H])C([2H])(C)C([2H])([2H])C([2H])([2H])C([2H])([2H])C([2H])([2H])C([2H])([2H])C([2H])([2H])C([2H])([2H])C(=O)OC([2H])(C)C([2H])(O)C([2H])([2H])OC(=O)C([2H])([2H])C([2H])([2H])C([2H])([2H])C([2H])([2H])C([2H])(C)C([2H])([2H])C([2H])([2H])C([2H])([2H])C([2H])([2H])C([2H])([2H])C([2H])([2H])C([2H])([2H])C([2H])([2H])CC. The van der Waals surface area contributed by atoms with Gasteiger partial charge in [-0.05, 0) is 31.5 Å². The molecule has 44 heavy (non-hydrogen) atoms. The zero-order valence-electron chi connectivity index (χ0n) is 82.3. The maximum atomic E-state index is 13.7. The van der Waals surface area contributed by atoms with Gasteiger partial charge in [0, 0.05) is 86.8 Å². The van der Waals surface area contributed by atoms with Gasteiger partial charge in [-0.1, -0.05) is 174 Å². The van der Waals surface area contributed by atoms with E-state index in [0.717, 1.165) is 6.92 Å². The number of rotatable bonds is 33. The first-order chi connectivity index (χ1) is 42.8. The summed E-state index contributed by atoms with van der Waals surface area (Å²) >= 11 is 0. The summed E-state index contributed by atoms with van der Waals surface area (Å²) in [7, 11) is 0. The minimum Gasteiger partial charge on any atom is -0.463 e. The molecule has 0 aliphatic carbocycles. The van der Waals surface area contributed by atoms with Crippen molar-refractivity contribution in [2.24, 2.45) is 11.8 Å². The van der Waals surface area contributed by atoms with Crippen molar-refractivity contribution in [3.8, 4) is 0 Å². The molecular formula is C39H76O5. The lowest BCUT2D eigenvalue weighted by Gasteiger charge is -2.19. The van der Waals surface area contributed by atoms with Crippen molar-refractivity contribution in [3.05, 3.63) is 0 Å². The van der Waals surface area contributed by atoms with Crippen molar-refractivity contribution in [2.75, 3.05) is 6.56 Å². The van der Waals surface area contributed by atoms with E-state index < -0.39 is 215 Å². The summed E-state index contributed by atoms with van der Waals surface area (Å²) in [5.41, 5.74) is 0. The summed E-state index contributed by atoms with van der Waals surface area (Å²) in [5, 5.41) is 11.1. The van der Waals surface area contributed by atoms with Crippen LogP contribution in [0, 0.1) is 11.8 Å². The van der Waals surface area contributed by atoms with Gasteiger partial charge < -0.3 is 14.6 Å².